The van der Waals surface area contributed by atoms with E-state index in [0.29, 0.717) is 5.56 Å². The molecule has 0 radical (unpaired) electrons. The van der Waals surface area contributed by atoms with E-state index >= 15 is 0 Å². The molecule has 2 aromatic carbocycles. The summed E-state index contributed by atoms with van der Waals surface area (Å²) in [6.07, 6.45) is 3.52. The van der Waals surface area contributed by atoms with E-state index in [9.17, 15) is 9.90 Å². The third kappa shape index (κ3) is 4.08. The van der Waals surface area contributed by atoms with Crippen molar-refractivity contribution in [1.29, 1.82) is 0 Å². The number of amides is 1. The van der Waals surface area contributed by atoms with Crippen molar-refractivity contribution >= 4 is 29.4 Å². The summed E-state index contributed by atoms with van der Waals surface area (Å²) >= 11 is 5.93. The fraction of sp³-hybridized carbons (Fsp3) is 0.263. The van der Waals surface area contributed by atoms with Crippen LogP contribution in [0.5, 0.6) is 11.5 Å². The van der Waals surface area contributed by atoms with Crippen molar-refractivity contribution in [3.63, 3.8) is 0 Å². The molecule has 6 nitrogen and oxygen atoms in total. The number of hydrogen-bond donors (Lipinski definition) is 2. The van der Waals surface area contributed by atoms with Crippen LogP contribution in [0.1, 0.15) is 17.5 Å². The molecule has 26 heavy (non-hydrogen) atoms. The van der Waals surface area contributed by atoms with Gasteiger partial charge in [0.2, 0.25) is 0 Å². The number of rotatable bonds is 5. The zero-order chi connectivity index (χ0) is 18.5. The average Bonchev–Trinajstić information content (AvgIpc) is 2.64. The van der Waals surface area contributed by atoms with Gasteiger partial charge in [-0.1, -0.05) is 29.8 Å². The van der Waals surface area contributed by atoms with E-state index in [1.54, 1.807) is 6.07 Å². The van der Waals surface area contributed by atoms with Crippen molar-refractivity contribution < 1.29 is 14.6 Å². The van der Waals surface area contributed by atoms with Gasteiger partial charge in [0, 0.05) is 12.2 Å². The summed E-state index contributed by atoms with van der Waals surface area (Å²) in [5, 5.41) is 13.8. The van der Waals surface area contributed by atoms with Gasteiger partial charge in [-0.2, -0.15) is 5.10 Å². The summed E-state index contributed by atoms with van der Waals surface area (Å²) in [7, 11) is 1.44. The Morgan fingerprint density at radius 2 is 2.23 bits per heavy atom. The van der Waals surface area contributed by atoms with E-state index in [2.05, 4.69) is 21.5 Å². The number of fused-ring (bicyclic) bond motifs is 1. The molecule has 2 aromatic rings. The molecule has 1 aliphatic heterocycles. The second-order valence-electron chi connectivity index (χ2n) is 6.00. The van der Waals surface area contributed by atoms with Gasteiger partial charge >= 0.3 is 0 Å². The van der Waals surface area contributed by atoms with Crippen molar-refractivity contribution in [3.05, 3.63) is 52.5 Å². The van der Waals surface area contributed by atoms with E-state index in [1.807, 2.05) is 18.2 Å². The molecule has 1 aliphatic rings. The normalized spacial score (nSPS) is 13.5. The third-order valence-corrected chi connectivity index (χ3v) is 4.50. The maximum absolute atomic E-state index is 12.2. The van der Waals surface area contributed by atoms with Crippen LogP contribution in [0, 0.1) is 0 Å². The van der Waals surface area contributed by atoms with Gasteiger partial charge < -0.3 is 14.7 Å². The van der Waals surface area contributed by atoms with E-state index in [1.165, 1.54) is 25.0 Å². The Morgan fingerprint density at radius 1 is 1.42 bits per heavy atom. The van der Waals surface area contributed by atoms with Crippen molar-refractivity contribution in [1.82, 2.24) is 5.43 Å². The van der Waals surface area contributed by atoms with E-state index < -0.39 is 0 Å². The maximum Gasteiger partial charge on any atom is 0.259 e. The van der Waals surface area contributed by atoms with Gasteiger partial charge in [-0.15, -0.1) is 0 Å². The number of benzene rings is 2. The highest BCUT2D eigenvalue weighted by atomic mass is 35.5. The molecule has 3 rings (SSSR count). The summed E-state index contributed by atoms with van der Waals surface area (Å²) in [4.78, 5) is 14.3. The second kappa shape index (κ2) is 8.10. The molecule has 0 unspecified atom stereocenters. The third-order valence-electron chi connectivity index (χ3n) is 4.21. The van der Waals surface area contributed by atoms with Crippen molar-refractivity contribution in [3.8, 4) is 11.5 Å². The van der Waals surface area contributed by atoms with Crippen LogP contribution in [0.2, 0.25) is 5.02 Å². The summed E-state index contributed by atoms with van der Waals surface area (Å²) in [6.45, 7) is 1.09. The van der Waals surface area contributed by atoms with Crippen molar-refractivity contribution in [2.75, 3.05) is 25.1 Å². The zero-order valence-corrected chi connectivity index (χ0v) is 15.2. The number of aromatic hydroxyl groups is 1. The number of halogens is 1. The van der Waals surface area contributed by atoms with Gasteiger partial charge in [0.25, 0.3) is 5.91 Å². The summed E-state index contributed by atoms with van der Waals surface area (Å²) in [6, 6.07) is 11.3. The molecule has 0 aliphatic carbocycles. The molecule has 0 bridgehead atoms. The van der Waals surface area contributed by atoms with Crippen molar-refractivity contribution in [2.24, 2.45) is 5.10 Å². The lowest BCUT2D eigenvalue weighted by Crippen LogP contribution is -2.38. The lowest BCUT2D eigenvalue weighted by atomic mass is 10.0. The molecule has 0 saturated carbocycles. The quantitative estimate of drug-likeness (QED) is 0.624. The highest BCUT2D eigenvalue weighted by Gasteiger charge is 2.18. The number of carbonyl (C=O) groups is 1. The second-order valence-corrected chi connectivity index (χ2v) is 6.41. The van der Waals surface area contributed by atoms with Gasteiger partial charge in [0.15, 0.2) is 11.5 Å². The zero-order valence-electron chi connectivity index (χ0n) is 14.4. The van der Waals surface area contributed by atoms with Gasteiger partial charge in [0.1, 0.15) is 0 Å². The molecule has 0 aromatic heterocycles. The lowest BCUT2D eigenvalue weighted by Gasteiger charge is -2.30. The van der Waals surface area contributed by atoms with Crippen LogP contribution in [0.25, 0.3) is 0 Å². The minimum atomic E-state index is -0.199. The Morgan fingerprint density at radius 3 is 3.04 bits per heavy atom. The van der Waals surface area contributed by atoms with Crippen LogP contribution in [0.3, 0.4) is 0 Å². The van der Waals surface area contributed by atoms with Crippen LogP contribution in [0.15, 0.2) is 41.5 Å². The standard InChI is InChI=1S/C19H20ClN3O3/c1-26-17-10-13(9-15(20)19(17)25)11-21-22-18(24)12-23-8-4-6-14-5-2-3-7-16(14)23/h2-3,5,7,9-11,25H,4,6,8,12H2,1H3,(H,22,24)/b21-11+. The van der Waals surface area contributed by atoms with Crippen molar-refractivity contribution in [2.45, 2.75) is 12.8 Å². The first-order valence-corrected chi connectivity index (χ1v) is 8.67. The van der Waals surface area contributed by atoms with Crippen LogP contribution < -0.4 is 15.1 Å². The molecule has 1 amide bonds. The number of nitrogens with zero attached hydrogens (tertiary/aromatic N) is 2. The van der Waals surface area contributed by atoms with Gasteiger partial charge in [-0.05, 0) is 42.2 Å². The molecule has 1 heterocycles. The molecule has 0 spiro atoms. The van der Waals surface area contributed by atoms with Crippen LogP contribution in [0.4, 0.5) is 5.69 Å². The topological polar surface area (TPSA) is 74.2 Å². The molecule has 0 atom stereocenters. The minimum absolute atomic E-state index is 0.126. The van der Waals surface area contributed by atoms with Crippen LogP contribution >= 0.6 is 11.6 Å². The number of methoxy groups -OCH3 is 1. The van der Waals surface area contributed by atoms with E-state index in [-0.39, 0.29) is 29.0 Å². The first kappa shape index (κ1) is 18.1. The van der Waals surface area contributed by atoms with Crippen LogP contribution in [-0.4, -0.2) is 37.4 Å². The van der Waals surface area contributed by atoms with Gasteiger partial charge in [-0.3, -0.25) is 4.79 Å². The number of ether oxygens (including phenoxy) is 1. The number of phenolic OH excluding ortho intramolecular Hbond substituents is 1. The number of nitrogens with one attached hydrogen (secondary N) is 1. The summed E-state index contributed by atoms with van der Waals surface area (Å²) in [5.41, 5.74) is 5.50. The smallest absolute Gasteiger partial charge is 0.259 e. The van der Waals surface area contributed by atoms with Gasteiger partial charge in [0.05, 0.1) is 24.9 Å². The molecular weight excluding hydrogens is 354 g/mol. The molecule has 136 valence electrons. The summed E-state index contributed by atoms with van der Waals surface area (Å²) in [5.74, 6) is -0.0795. The van der Waals surface area contributed by atoms with Crippen LogP contribution in [-0.2, 0) is 11.2 Å². The van der Waals surface area contributed by atoms with E-state index in [4.69, 9.17) is 16.3 Å². The molecular formula is C19H20ClN3O3. The summed E-state index contributed by atoms with van der Waals surface area (Å²) < 4.78 is 5.04. The Bertz CT molecular complexity index is 839. The Kier molecular flexibility index (Phi) is 5.63. The first-order valence-electron chi connectivity index (χ1n) is 8.29. The predicted octanol–water partition coefficient (Wildman–Crippen LogP) is 2.96. The number of anilines is 1. The number of hydrazone groups is 1. The SMILES string of the molecule is COc1cc(/C=N/NC(=O)CN2CCCc3ccccc32)cc(Cl)c1O. The molecule has 0 fully saturated rings. The Balaban J connectivity index is 1.62. The Hall–Kier alpha value is -2.73. The number of carbonyl (C=O) groups excluding carboxylic acids is 1. The molecule has 2 N–H and O–H groups in total. The minimum Gasteiger partial charge on any atom is -0.503 e. The maximum atomic E-state index is 12.2. The number of aryl methyl sites for hydroxylation is 1. The number of phenols is 1. The first-order chi connectivity index (χ1) is 12.6. The highest BCUT2D eigenvalue weighted by Crippen LogP contribution is 2.34. The predicted molar refractivity (Wildman–Crippen MR) is 102 cm³/mol. The highest BCUT2D eigenvalue weighted by molar-refractivity contribution is 6.32. The van der Waals surface area contributed by atoms with E-state index in [0.717, 1.165) is 25.1 Å². The van der Waals surface area contributed by atoms with Gasteiger partial charge in [-0.25, -0.2) is 5.43 Å². The molecule has 0 saturated heterocycles. The monoisotopic (exact) mass is 373 g/mol. The number of para-hydroxylation sites is 1. The average molecular weight is 374 g/mol. The molecule has 7 heteroatoms. The Labute approximate surface area is 157 Å². The fourth-order valence-corrected chi connectivity index (χ4v) is 3.21. The largest absolute Gasteiger partial charge is 0.503 e. The fourth-order valence-electron chi connectivity index (χ4n) is 2.99. The number of hydrogen-bond acceptors (Lipinski definition) is 5. The lowest BCUT2D eigenvalue weighted by molar-refractivity contribution is -0.119.